The number of Topliss-reactive ketones (excluding diaryl/α,β-unsaturated/α-hetero) is 1. The van der Waals surface area contributed by atoms with E-state index in [0.717, 1.165) is 12.5 Å². The largest absolute Gasteiger partial charge is 0.416 e. The Kier molecular flexibility index (Phi) is 5.32. The summed E-state index contributed by atoms with van der Waals surface area (Å²) in [6, 6.07) is 4.36. The first-order valence-corrected chi connectivity index (χ1v) is 8.05. The van der Waals surface area contributed by atoms with Crippen LogP contribution in [-0.2, 0) is 11.0 Å². The van der Waals surface area contributed by atoms with Gasteiger partial charge in [0, 0.05) is 17.8 Å². The van der Waals surface area contributed by atoms with Crippen LogP contribution < -0.4 is 5.32 Å². The third kappa shape index (κ3) is 3.45. The molecule has 1 unspecified atom stereocenters. The average molecular weight is 356 g/mol. The molecule has 0 spiro atoms. The van der Waals surface area contributed by atoms with Crippen LogP contribution in [0.3, 0.4) is 0 Å². The van der Waals surface area contributed by atoms with Gasteiger partial charge in [0.25, 0.3) is 0 Å². The zero-order valence-corrected chi connectivity index (χ0v) is 14.5. The molecule has 0 saturated carbocycles. The molecule has 0 amide bonds. The fraction of sp³-hybridized carbons (Fsp3) is 0.412. The van der Waals surface area contributed by atoms with Gasteiger partial charge in [-0.25, -0.2) is 0 Å². The summed E-state index contributed by atoms with van der Waals surface area (Å²) in [5, 5.41) is 3.26. The molecular weight excluding hydrogens is 337 g/mol. The number of benzene rings is 1. The van der Waals surface area contributed by atoms with Gasteiger partial charge in [0.05, 0.1) is 11.6 Å². The summed E-state index contributed by atoms with van der Waals surface area (Å²) in [4.78, 5) is 13.9. The molecule has 0 aliphatic carbocycles. The zero-order valence-electron chi connectivity index (χ0n) is 13.7. The van der Waals surface area contributed by atoms with E-state index in [9.17, 15) is 18.0 Å². The number of carbonyl (C=O) groups is 1. The van der Waals surface area contributed by atoms with Gasteiger partial charge in [-0.2, -0.15) is 13.2 Å². The van der Waals surface area contributed by atoms with Gasteiger partial charge < -0.3 is 10.2 Å². The molecule has 0 fully saturated rings. The molecule has 1 atom stereocenters. The second kappa shape index (κ2) is 6.93. The molecule has 130 valence electrons. The number of ketones is 1. The van der Waals surface area contributed by atoms with Crippen molar-refractivity contribution >= 4 is 23.1 Å². The summed E-state index contributed by atoms with van der Waals surface area (Å²) in [5.74, 6) is -0.273. The first-order valence-electron chi connectivity index (χ1n) is 7.64. The van der Waals surface area contributed by atoms with E-state index in [1.54, 1.807) is 11.8 Å². The summed E-state index contributed by atoms with van der Waals surface area (Å²) >= 11 is 5.31. The van der Waals surface area contributed by atoms with Crippen LogP contribution >= 0.6 is 12.2 Å². The van der Waals surface area contributed by atoms with Crippen LogP contribution in [0.5, 0.6) is 0 Å². The highest BCUT2D eigenvalue weighted by atomic mass is 32.1. The molecule has 7 heteroatoms. The lowest BCUT2D eigenvalue weighted by atomic mass is 9.89. The minimum atomic E-state index is -4.50. The minimum Gasteiger partial charge on any atom is -0.351 e. The van der Waals surface area contributed by atoms with Gasteiger partial charge in [0.2, 0.25) is 0 Å². The Bertz CT molecular complexity index is 697. The van der Waals surface area contributed by atoms with Crippen molar-refractivity contribution in [1.29, 1.82) is 0 Å². The van der Waals surface area contributed by atoms with Crippen molar-refractivity contribution in [3.63, 3.8) is 0 Å². The van der Waals surface area contributed by atoms with Crippen molar-refractivity contribution in [1.82, 2.24) is 10.2 Å². The van der Waals surface area contributed by atoms with Crippen LogP contribution in [0.1, 0.15) is 44.4 Å². The molecule has 0 saturated heterocycles. The van der Waals surface area contributed by atoms with Crippen molar-refractivity contribution in [2.75, 3.05) is 6.54 Å². The Morgan fingerprint density at radius 1 is 1.33 bits per heavy atom. The molecule has 24 heavy (non-hydrogen) atoms. The highest BCUT2D eigenvalue weighted by Gasteiger charge is 2.39. The molecule has 1 heterocycles. The van der Waals surface area contributed by atoms with Crippen molar-refractivity contribution in [3.8, 4) is 0 Å². The van der Waals surface area contributed by atoms with Crippen molar-refractivity contribution in [3.05, 3.63) is 46.7 Å². The van der Waals surface area contributed by atoms with E-state index in [1.165, 1.54) is 25.1 Å². The van der Waals surface area contributed by atoms with Crippen LogP contribution in [0.25, 0.3) is 0 Å². The van der Waals surface area contributed by atoms with E-state index in [0.29, 0.717) is 22.9 Å². The van der Waals surface area contributed by atoms with Gasteiger partial charge >= 0.3 is 6.18 Å². The molecule has 0 aromatic heterocycles. The summed E-state index contributed by atoms with van der Waals surface area (Å²) in [7, 11) is 0. The van der Waals surface area contributed by atoms with Gasteiger partial charge in [-0.15, -0.1) is 0 Å². The number of alkyl halides is 3. The Balaban J connectivity index is 2.63. The highest BCUT2D eigenvalue weighted by molar-refractivity contribution is 7.80. The summed E-state index contributed by atoms with van der Waals surface area (Å²) in [6.45, 7) is 5.65. The molecule has 3 nitrogen and oxygen atoms in total. The molecular formula is C17H19F3N2OS. The third-order valence-corrected chi connectivity index (χ3v) is 4.34. The SMILES string of the molecule is CCCN1C(=S)NC(c2ccccc2C(F)(F)F)C(C(C)=O)=C1C. The predicted molar refractivity (Wildman–Crippen MR) is 90.3 cm³/mol. The Hall–Kier alpha value is -1.89. The number of hydrogen-bond donors (Lipinski definition) is 1. The van der Waals surface area contributed by atoms with Crippen LogP contribution in [0.2, 0.25) is 0 Å². The molecule has 1 aliphatic rings. The standard InChI is InChI=1S/C17H19F3N2OS/c1-4-9-22-10(2)14(11(3)23)15(21-16(22)24)12-7-5-6-8-13(12)17(18,19)20/h5-8,15H,4,9H2,1-3H3,(H,21,24). The number of halogens is 3. The topological polar surface area (TPSA) is 32.3 Å². The fourth-order valence-corrected chi connectivity index (χ4v) is 3.32. The van der Waals surface area contributed by atoms with Crippen LogP contribution in [-0.4, -0.2) is 22.3 Å². The quantitative estimate of drug-likeness (QED) is 0.819. The lowest BCUT2D eigenvalue weighted by Crippen LogP contribution is -2.48. The van der Waals surface area contributed by atoms with E-state index in [-0.39, 0.29) is 11.3 Å². The summed E-state index contributed by atoms with van der Waals surface area (Å²) < 4.78 is 40.1. The number of thiocarbonyl (C=S) groups is 1. The zero-order chi connectivity index (χ0) is 18.1. The maximum absolute atomic E-state index is 13.4. The summed E-state index contributed by atoms with van der Waals surface area (Å²) in [6.07, 6.45) is -3.70. The smallest absolute Gasteiger partial charge is 0.351 e. The Labute approximate surface area is 144 Å². The second-order valence-electron chi connectivity index (χ2n) is 5.67. The number of allylic oxidation sites excluding steroid dienone is 1. The Morgan fingerprint density at radius 2 is 1.96 bits per heavy atom. The number of rotatable bonds is 4. The fourth-order valence-electron chi connectivity index (χ4n) is 2.97. The van der Waals surface area contributed by atoms with Gasteiger partial charge in [0.15, 0.2) is 10.9 Å². The minimum absolute atomic E-state index is 0.00745. The van der Waals surface area contributed by atoms with E-state index < -0.39 is 17.8 Å². The van der Waals surface area contributed by atoms with E-state index in [2.05, 4.69) is 5.32 Å². The molecule has 1 aromatic rings. The first-order chi connectivity index (χ1) is 11.2. The molecule has 0 radical (unpaired) electrons. The molecule has 2 rings (SSSR count). The molecule has 1 N–H and O–H groups in total. The van der Waals surface area contributed by atoms with Crippen LogP contribution in [0, 0.1) is 0 Å². The number of nitrogens with zero attached hydrogens (tertiary/aromatic N) is 1. The van der Waals surface area contributed by atoms with Gasteiger partial charge in [0.1, 0.15) is 0 Å². The van der Waals surface area contributed by atoms with Gasteiger partial charge in [-0.05, 0) is 44.1 Å². The monoisotopic (exact) mass is 356 g/mol. The first kappa shape index (κ1) is 18.4. The highest BCUT2D eigenvalue weighted by Crippen LogP contribution is 2.39. The van der Waals surface area contributed by atoms with Crippen molar-refractivity contribution in [2.45, 2.75) is 39.4 Å². The lowest BCUT2D eigenvalue weighted by Gasteiger charge is -2.38. The van der Waals surface area contributed by atoms with Crippen molar-refractivity contribution < 1.29 is 18.0 Å². The lowest BCUT2D eigenvalue weighted by molar-refractivity contribution is -0.138. The normalized spacial score (nSPS) is 18.7. The number of nitrogens with one attached hydrogen (secondary N) is 1. The van der Waals surface area contributed by atoms with E-state index in [1.807, 2.05) is 6.92 Å². The molecule has 1 aliphatic heterocycles. The van der Waals surface area contributed by atoms with Gasteiger partial charge in [-0.1, -0.05) is 25.1 Å². The van der Waals surface area contributed by atoms with Crippen LogP contribution in [0.15, 0.2) is 35.5 Å². The maximum Gasteiger partial charge on any atom is 0.416 e. The Morgan fingerprint density at radius 3 is 2.50 bits per heavy atom. The average Bonchev–Trinajstić information content (AvgIpc) is 2.49. The van der Waals surface area contributed by atoms with E-state index >= 15 is 0 Å². The molecule has 1 aromatic carbocycles. The number of carbonyl (C=O) groups excluding carboxylic acids is 1. The third-order valence-electron chi connectivity index (χ3n) is 4.00. The van der Waals surface area contributed by atoms with Crippen LogP contribution in [0.4, 0.5) is 13.2 Å². The van der Waals surface area contributed by atoms with Crippen molar-refractivity contribution in [2.24, 2.45) is 0 Å². The van der Waals surface area contributed by atoms with E-state index in [4.69, 9.17) is 12.2 Å². The molecule has 0 bridgehead atoms. The van der Waals surface area contributed by atoms with Gasteiger partial charge in [-0.3, -0.25) is 4.79 Å². The number of hydrogen-bond acceptors (Lipinski definition) is 2. The predicted octanol–water partition coefficient (Wildman–Crippen LogP) is 4.21. The maximum atomic E-state index is 13.4. The summed E-state index contributed by atoms with van der Waals surface area (Å²) in [5.41, 5.74) is 0.165. The second-order valence-corrected chi connectivity index (χ2v) is 6.06.